The van der Waals surface area contributed by atoms with Gasteiger partial charge in [0.15, 0.2) is 0 Å². The van der Waals surface area contributed by atoms with Crippen molar-refractivity contribution < 1.29 is 13.2 Å². The lowest BCUT2D eigenvalue weighted by molar-refractivity contribution is -0.0440. The molecule has 0 aromatic heterocycles. The number of hydrogen-bond acceptors (Lipinski definition) is 3. The Balaban J connectivity index is 2.12. The number of hydrogen-bond donors (Lipinski definition) is 0. The first-order valence-corrected chi connectivity index (χ1v) is 9.46. The van der Waals surface area contributed by atoms with Gasteiger partial charge in [-0.3, -0.25) is 0 Å². The van der Waals surface area contributed by atoms with Crippen LogP contribution < -0.4 is 0 Å². The lowest BCUT2D eigenvalue weighted by Crippen LogP contribution is -2.48. The number of fused-ring (bicyclic) bond motifs is 1. The Kier molecular flexibility index (Phi) is 4.29. The van der Waals surface area contributed by atoms with Gasteiger partial charge >= 0.3 is 0 Å². The van der Waals surface area contributed by atoms with Crippen molar-refractivity contribution in [3.8, 4) is 0 Å². The summed E-state index contributed by atoms with van der Waals surface area (Å²) in [5.74, 6) is 0. The minimum Gasteiger partial charge on any atom is -0.373 e. The molecule has 0 saturated carbocycles. The van der Waals surface area contributed by atoms with E-state index in [1.807, 2.05) is 38.1 Å². The zero-order chi connectivity index (χ0) is 15.9. The molecule has 1 fully saturated rings. The van der Waals surface area contributed by atoms with E-state index in [0.29, 0.717) is 18.0 Å². The molecule has 0 unspecified atom stereocenters. The van der Waals surface area contributed by atoms with Crippen LogP contribution in [-0.4, -0.2) is 38.0 Å². The maximum Gasteiger partial charge on any atom is 0.243 e. The Morgan fingerprint density at radius 3 is 2.27 bits per heavy atom. The van der Waals surface area contributed by atoms with Crippen LogP contribution in [0.5, 0.6) is 0 Å². The highest BCUT2D eigenvalue weighted by atomic mass is 79.9. The number of benzene rings is 2. The van der Waals surface area contributed by atoms with Crippen molar-refractivity contribution >= 4 is 36.7 Å². The molecule has 118 valence electrons. The number of morpholine rings is 1. The van der Waals surface area contributed by atoms with Crippen LogP contribution in [0.4, 0.5) is 0 Å². The number of nitrogens with zero attached hydrogens (tertiary/aromatic N) is 1. The number of rotatable bonds is 2. The first-order chi connectivity index (χ1) is 10.4. The van der Waals surface area contributed by atoms with Gasteiger partial charge in [-0.2, -0.15) is 4.31 Å². The average Bonchev–Trinajstić information content (AvgIpc) is 2.46. The average molecular weight is 384 g/mol. The van der Waals surface area contributed by atoms with E-state index >= 15 is 0 Å². The van der Waals surface area contributed by atoms with E-state index in [-0.39, 0.29) is 12.2 Å². The molecule has 0 N–H and O–H groups in total. The topological polar surface area (TPSA) is 46.6 Å². The van der Waals surface area contributed by atoms with Gasteiger partial charge in [-0.05, 0) is 31.4 Å². The van der Waals surface area contributed by atoms with Gasteiger partial charge in [-0.15, -0.1) is 0 Å². The predicted molar refractivity (Wildman–Crippen MR) is 90.4 cm³/mol. The Bertz CT molecular complexity index is 796. The molecule has 1 heterocycles. The number of ether oxygens (including phenoxy) is 1. The monoisotopic (exact) mass is 383 g/mol. The molecular weight excluding hydrogens is 366 g/mol. The predicted octanol–water partition coefficient (Wildman–Crippen LogP) is 3.40. The molecule has 22 heavy (non-hydrogen) atoms. The lowest BCUT2D eigenvalue weighted by Gasteiger charge is -2.34. The van der Waals surface area contributed by atoms with Crippen LogP contribution in [0.3, 0.4) is 0 Å². The molecule has 0 amide bonds. The Morgan fingerprint density at radius 1 is 1.05 bits per heavy atom. The van der Waals surface area contributed by atoms with Gasteiger partial charge < -0.3 is 4.74 Å². The SMILES string of the molecule is C[C@H]1CN(S(=O)(=O)c2ccc(Br)c3ccccc23)C[C@H](C)O1. The van der Waals surface area contributed by atoms with Crippen molar-refractivity contribution in [2.24, 2.45) is 0 Å². The third-order valence-electron chi connectivity index (χ3n) is 3.83. The summed E-state index contributed by atoms with van der Waals surface area (Å²) in [7, 11) is -3.54. The molecule has 0 bridgehead atoms. The van der Waals surface area contributed by atoms with E-state index < -0.39 is 10.0 Å². The smallest absolute Gasteiger partial charge is 0.243 e. The van der Waals surface area contributed by atoms with Crippen LogP contribution in [0.25, 0.3) is 10.8 Å². The summed E-state index contributed by atoms with van der Waals surface area (Å²) in [6.45, 7) is 4.57. The first-order valence-electron chi connectivity index (χ1n) is 7.22. The van der Waals surface area contributed by atoms with Crippen LogP contribution in [0.1, 0.15) is 13.8 Å². The fourth-order valence-electron chi connectivity index (χ4n) is 2.93. The van der Waals surface area contributed by atoms with E-state index in [2.05, 4.69) is 15.9 Å². The van der Waals surface area contributed by atoms with Crippen molar-refractivity contribution in [1.29, 1.82) is 0 Å². The van der Waals surface area contributed by atoms with Crippen molar-refractivity contribution in [3.05, 3.63) is 40.9 Å². The number of sulfonamides is 1. The third kappa shape index (κ3) is 2.80. The molecule has 2 aromatic rings. The lowest BCUT2D eigenvalue weighted by atomic mass is 10.1. The molecule has 3 rings (SSSR count). The van der Waals surface area contributed by atoms with E-state index in [1.54, 1.807) is 12.1 Å². The molecule has 0 radical (unpaired) electrons. The van der Waals surface area contributed by atoms with Crippen LogP contribution >= 0.6 is 15.9 Å². The maximum atomic E-state index is 13.1. The largest absolute Gasteiger partial charge is 0.373 e. The molecule has 1 aliphatic rings. The molecule has 0 aliphatic carbocycles. The molecule has 2 atom stereocenters. The second-order valence-corrected chi connectivity index (χ2v) is 8.43. The highest BCUT2D eigenvalue weighted by Crippen LogP contribution is 2.32. The summed E-state index contributed by atoms with van der Waals surface area (Å²) >= 11 is 3.48. The van der Waals surface area contributed by atoms with E-state index in [0.717, 1.165) is 15.2 Å². The molecule has 4 nitrogen and oxygen atoms in total. The second-order valence-electron chi connectivity index (χ2n) is 5.67. The fraction of sp³-hybridized carbons (Fsp3) is 0.375. The van der Waals surface area contributed by atoms with Crippen LogP contribution in [-0.2, 0) is 14.8 Å². The van der Waals surface area contributed by atoms with Gasteiger partial charge in [0.1, 0.15) is 0 Å². The summed E-state index contributed by atoms with van der Waals surface area (Å²) in [5.41, 5.74) is 0. The number of halogens is 1. The van der Waals surface area contributed by atoms with E-state index in [1.165, 1.54) is 4.31 Å². The first kappa shape index (κ1) is 15.9. The van der Waals surface area contributed by atoms with Gasteiger partial charge in [0.05, 0.1) is 17.1 Å². The highest BCUT2D eigenvalue weighted by molar-refractivity contribution is 9.10. The van der Waals surface area contributed by atoms with Gasteiger partial charge in [-0.25, -0.2) is 8.42 Å². The minimum atomic E-state index is -3.54. The van der Waals surface area contributed by atoms with Crippen LogP contribution in [0, 0.1) is 0 Å². The maximum absolute atomic E-state index is 13.1. The van der Waals surface area contributed by atoms with Crippen LogP contribution in [0.15, 0.2) is 45.8 Å². The van der Waals surface area contributed by atoms with Gasteiger partial charge in [0.25, 0.3) is 0 Å². The molecule has 6 heteroatoms. The van der Waals surface area contributed by atoms with Gasteiger partial charge in [-0.1, -0.05) is 40.2 Å². The molecular formula is C16H18BrNO3S. The van der Waals surface area contributed by atoms with Crippen molar-refractivity contribution in [2.45, 2.75) is 31.0 Å². The van der Waals surface area contributed by atoms with E-state index in [4.69, 9.17) is 4.74 Å². The summed E-state index contributed by atoms with van der Waals surface area (Å²) in [4.78, 5) is 0.354. The fourth-order valence-corrected chi connectivity index (χ4v) is 5.19. The summed E-state index contributed by atoms with van der Waals surface area (Å²) < 4.78 is 34.2. The third-order valence-corrected chi connectivity index (χ3v) is 6.42. The highest BCUT2D eigenvalue weighted by Gasteiger charge is 2.33. The summed E-state index contributed by atoms with van der Waals surface area (Å²) in [6.07, 6.45) is -0.194. The Morgan fingerprint density at radius 2 is 1.64 bits per heavy atom. The van der Waals surface area contributed by atoms with Crippen molar-refractivity contribution in [1.82, 2.24) is 4.31 Å². The Labute approximate surface area is 139 Å². The normalized spacial score (nSPS) is 23.8. The summed E-state index contributed by atoms with van der Waals surface area (Å²) in [5, 5.41) is 1.64. The van der Waals surface area contributed by atoms with Crippen LogP contribution in [0.2, 0.25) is 0 Å². The summed E-state index contributed by atoms with van der Waals surface area (Å²) in [6, 6.07) is 11.0. The van der Waals surface area contributed by atoms with Crippen molar-refractivity contribution in [2.75, 3.05) is 13.1 Å². The standard InChI is InChI=1S/C16H18BrNO3S/c1-11-9-18(10-12(2)21-11)22(19,20)16-8-7-15(17)13-5-3-4-6-14(13)16/h3-8,11-12H,9-10H2,1-2H3/t11-,12-/m0/s1. The second kappa shape index (κ2) is 5.92. The molecule has 2 aromatic carbocycles. The molecule has 1 saturated heterocycles. The zero-order valence-corrected chi connectivity index (χ0v) is 14.9. The zero-order valence-electron chi connectivity index (χ0n) is 12.5. The van der Waals surface area contributed by atoms with E-state index in [9.17, 15) is 8.42 Å². The van der Waals surface area contributed by atoms with Crippen molar-refractivity contribution in [3.63, 3.8) is 0 Å². The Hall–Kier alpha value is -0.950. The molecule has 1 aliphatic heterocycles. The quantitative estimate of drug-likeness (QED) is 0.798. The molecule has 0 spiro atoms. The van der Waals surface area contributed by atoms with Gasteiger partial charge in [0.2, 0.25) is 10.0 Å². The van der Waals surface area contributed by atoms with Gasteiger partial charge in [0, 0.05) is 22.9 Å². The minimum absolute atomic E-state index is 0.0970.